The highest BCUT2D eigenvalue weighted by molar-refractivity contribution is 5.87. The molecule has 1 fully saturated rings. The Morgan fingerprint density at radius 2 is 2.06 bits per heavy atom. The van der Waals surface area contributed by atoms with Gasteiger partial charge in [-0.25, -0.2) is 4.79 Å². The van der Waals surface area contributed by atoms with Gasteiger partial charge in [-0.2, -0.15) is 0 Å². The monoisotopic (exact) mass is 246 g/mol. The molecule has 1 heterocycles. The summed E-state index contributed by atoms with van der Waals surface area (Å²) in [5.41, 5.74) is 0. The van der Waals surface area contributed by atoms with Crippen LogP contribution in [0.15, 0.2) is 0 Å². The van der Waals surface area contributed by atoms with Gasteiger partial charge in [0.15, 0.2) is 0 Å². The van der Waals surface area contributed by atoms with Crippen LogP contribution in [0.4, 0.5) is 0 Å². The number of hydrogen-bond donors (Lipinski definition) is 4. The van der Waals surface area contributed by atoms with E-state index in [1.807, 2.05) is 0 Å². The maximum absolute atomic E-state index is 11.5. The van der Waals surface area contributed by atoms with Gasteiger partial charge in [-0.05, 0) is 32.7 Å². The highest BCUT2D eigenvalue weighted by Crippen LogP contribution is 2.05. The molecule has 0 aromatic rings. The van der Waals surface area contributed by atoms with Crippen LogP contribution in [0.1, 0.15) is 33.1 Å². The average molecular weight is 246 g/mol. The van der Waals surface area contributed by atoms with Gasteiger partial charge in [-0.3, -0.25) is 4.79 Å². The second kappa shape index (κ2) is 8.95. The van der Waals surface area contributed by atoms with Gasteiger partial charge in [0.25, 0.3) is 0 Å². The quantitative estimate of drug-likeness (QED) is 0.546. The standard InChI is InChI=1S/C9H16N2O3.C2H6O/c1-2-6(9(13)14)11-8(12)7-4-3-5-10-7;1-2-3/h6-7,10H,2-5H2,1H3,(H,11,12)(H,13,14);3H,2H2,1H3. The zero-order valence-corrected chi connectivity index (χ0v) is 10.4. The van der Waals surface area contributed by atoms with E-state index in [2.05, 4.69) is 10.6 Å². The highest BCUT2D eigenvalue weighted by Gasteiger charge is 2.25. The summed E-state index contributed by atoms with van der Waals surface area (Å²) in [6.07, 6.45) is 2.18. The first-order valence-corrected chi connectivity index (χ1v) is 5.94. The van der Waals surface area contributed by atoms with Crippen LogP contribution in [0.5, 0.6) is 0 Å². The molecule has 0 aromatic heterocycles. The van der Waals surface area contributed by atoms with Crippen LogP contribution in [-0.4, -0.2) is 47.3 Å². The van der Waals surface area contributed by atoms with E-state index >= 15 is 0 Å². The van der Waals surface area contributed by atoms with Crippen molar-refractivity contribution in [2.75, 3.05) is 13.2 Å². The molecule has 1 aliphatic heterocycles. The van der Waals surface area contributed by atoms with Crippen molar-refractivity contribution in [3.05, 3.63) is 0 Å². The molecule has 0 radical (unpaired) electrons. The van der Waals surface area contributed by atoms with Crippen molar-refractivity contribution in [1.29, 1.82) is 0 Å². The number of carboxylic acid groups (broad SMARTS) is 1. The van der Waals surface area contributed by atoms with E-state index in [4.69, 9.17) is 10.2 Å². The summed E-state index contributed by atoms with van der Waals surface area (Å²) in [6, 6.07) is -0.965. The molecule has 2 atom stereocenters. The van der Waals surface area contributed by atoms with E-state index in [1.165, 1.54) is 0 Å². The summed E-state index contributed by atoms with van der Waals surface area (Å²) in [7, 11) is 0. The lowest BCUT2D eigenvalue weighted by molar-refractivity contribution is -0.142. The third-order valence-corrected chi connectivity index (χ3v) is 2.40. The van der Waals surface area contributed by atoms with Gasteiger partial charge >= 0.3 is 5.97 Å². The predicted octanol–water partition coefficient (Wildman–Crippen LogP) is -0.284. The Hall–Kier alpha value is -1.14. The first-order valence-electron chi connectivity index (χ1n) is 5.94. The number of carboxylic acids is 1. The van der Waals surface area contributed by atoms with Crippen molar-refractivity contribution in [3.63, 3.8) is 0 Å². The number of carbonyl (C=O) groups excluding carboxylic acids is 1. The second-order valence-corrected chi connectivity index (χ2v) is 3.77. The van der Waals surface area contributed by atoms with Crippen LogP contribution >= 0.6 is 0 Å². The van der Waals surface area contributed by atoms with Gasteiger partial charge < -0.3 is 20.8 Å². The molecule has 6 nitrogen and oxygen atoms in total. The van der Waals surface area contributed by atoms with Crippen molar-refractivity contribution in [2.45, 2.75) is 45.2 Å². The molecule has 0 spiro atoms. The summed E-state index contributed by atoms with van der Waals surface area (Å²) in [5, 5.41) is 21.8. The van der Waals surface area contributed by atoms with Gasteiger partial charge in [0, 0.05) is 6.61 Å². The zero-order valence-electron chi connectivity index (χ0n) is 10.4. The fraction of sp³-hybridized carbons (Fsp3) is 0.818. The van der Waals surface area contributed by atoms with E-state index in [1.54, 1.807) is 13.8 Å². The lowest BCUT2D eigenvalue weighted by Gasteiger charge is -2.15. The molecule has 4 N–H and O–H groups in total. The first kappa shape index (κ1) is 15.9. The van der Waals surface area contributed by atoms with Crippen molar-refractivity contribution < 1.29 is 19.8 Å². The molecule has 100 valence electrons. The normalized spacial score (nSPS) is 20.1. The van der Waals surface area contributed by atoms with Crippen molar-refractivity contribution >= 4 is 11.9 Å². The van der Waals surface area contributed by atoms with E-state index in [0.717, 1.165) is 19.4 Å². The topological polar surface area (TPSA) is 98.7 Å². The lowest BCUT2D eigenvalue weighted by Crippen LogP contribution is -2.47. The number of nitrogens with one attached hydrogen (secondary N) is 2. The number of amides is 1. The number of aliphatic carboxylic acids is 1. The molecular formula is C11H22N2O4. The van der Waals surface area contributed by atoms with Gasteiger partial charge in [0.1, 0.15) is 6.04 Å². The first-order chi connectivity index (χ1) is 8.06. The Morgan fingerprint density at radius 1 is 1.47 bits per heavy atom. The Morgan fingerprint density at radius 3 is 2.41 bits per heavy atom. The van der Waals surface area contributed by atoms with Crippen LogP contribution in [0, 0.1) is 0 Å². The zero-order chi connectivity index (χ0) is 13.3. The van der Waals surface area contributed by atoms with Crippen LogP contribution < -0.4 is 10.6 Å². The van der Waals surface area contributed by atoms with Crippen LogP contribution in [0.25, 0.3) is 0 Å². The molecule has 6 heteroatoms. The smallest absolute Gasteiger partial charge is 0.326 e. The summed E-state index contributed by atoms with van der Waals surface area (Å²) < 4.78 is 0. The molecule has 2 unspecified atom stereocenters. The molecule has 0 aromatic carbocycles. The van der Waals surface area contributed by atoms with E-state index in [-0.39, 0.29) is 18.6 Å². The molecular weight excluding hydrogens is 224 g/mol. The Labute approximate surface area is 101 Å². The Kier molecular flexibility index (Phi) is 8.35. The minimum atomic E-state index is -0.973. The van der Waals surface area contributed by atoms with Crippen molar-refractivity contribution in [3.8, 4) is 0 Å². The number of rotatable bonds is 4. The van der Waals surface area contributed by atoms with Crippen molar-refractivity contribution in [2.24, 2.45) is 0 Å². The Bertz CT molecular complexity index is 240. The Balaban J connectivity index is 0.000000770. The largest absolute Gasteiger partial charge is 0.480 e. The minimum Gasteiger partial charge on any atom is -0.480 e. The lowest BCUT2D eigenvalue weighted by atomic mass is 10.2. The number of aliphatic hydroxyl groups excluding tert-OH is 1. The predicted molar refractivity (Wildman–Crippen MR) is 63.6 cm³/mol. The SMILES string of the molecule is CCC(NC(=O)C1CCCN1)C(=O)O.CCO. The van der Waals surface area contributed by atoms with E-state index < -0.39 is 12.0 Å². The molecule has 0 aliphatic carbocycles. The molecule has 17 heavy (non-hydrogen) atoms. The van der Waals surface area contributed by atoms with Gasteiger partial charge in [-0.1, -0.05) is 6.92 Å². The van der Waals surface area contributed by atoms with Gasteiger partial charge in [0.05, 0.1) is 6.04 Å². The van der Waals surface area contributed by atoms with Crippen LogP contribution in [0.3, 0.4) is 0 Å². The number of carbonyl (C=O) groups is 2. The van der Waals surface area contributed by atoms with E-state index in [9.17, 15) is 9.59 Å². The van der Waals surface area contributed by atoms with Crippen molar-refractivity contribution in [1.82, 2.24) is 10.6 Å². The summed E-state index contributed by atoms with van der Waals surface area (Å²) in [6.45, 7) is 4.50. The third-order valence-electron chi connectivity index (χ3n) is 2.40. The maximum atomic E-state index is 11.5. The summed E-state index contributed by atoms with van der Waals surface area (Å²) in [4.78, 5) is 22.1. The average Bonchev–Trinajstić information content (AvgIpc) is 2.79. The van der Waals surface area contributed by atoms with Crippen LogP contribution in [-0.2, 0) is 9.59 Å². The maximum Gasteiger partial charge on any atom is 0.326 e. The molecule has 1 saturated heterocycles. The fourth-order valence-corrected chi connectivity index (χ4v) is 1.52. The minimum absolute atomic E-state index is 0.197. The van der Waals surface area contributed by atoms with E-state index in [0.29, 0.717) is 6.42 Å². The van der Waals surface area contributed by atoms with Crippen LogP contribution in [0.2, 0.25) is 0 Å². The summed E-state index contributed by atoms with van der Waals surface area (Å²) >= 11 is 0. The summed E-state index contributed by atoms with van der Waals surface area (Å²) in [5.74, 6) is -1.17. The fourth-order valence-electron chi connectivity index (χ4n) is 1.52. The molecule has 0 saturated carbocycles. The second-order valence-electron chi connectivity index (χ2n) is 3.77. The third kappa shape index (κ3) is 6.23. The molecule has 1 amide bonds. The van der Waals surface area contributed by atoms with Gasteiger partial charge in [-0.15, -0.1) is 0 Å². The number of aliphatic hydroxyl groups is 1. The van der Waals surface area contributed by atoms with Gasteiger partial charge in [0.2, 0.25) is 5.91 Å². The molecule has 0 bridgehead atoms. The number of hydrogen-bond acceptors (Lipinski definition) is 4. The highest BCUT2D eigenvalue weighted by atomic mass is 16.4. The molecule has 1 aliphatic rings. The molecule has 1 rings (SSSR count).